The Morgan fingerprint density at radius 2 is 2.53 bits per heavy atom. The molecule has 1 heterocycles. The Morgan fingerprint density at radius 1 is 1.76 bits per heavy atom. The molecular weight excluding hydrogens is 240 g/mol. The topological polar surface area (TPSA) is 75.4 Å². The summed E-state index contributed by atoms with van der Waals surface area (Å²) in [5.41, 5.74) is 0.0721. The first-order valence-electron chi connectivity index (χ1n) is 5.57. The summed E-state index contributed by atoms with van der Waals surface area (Å²) < 4.78 is 5.27. The van der Waals surface area contributed by atoms with Crippen LogP contribution in [0.25, 0.3) is 0 Å². The third-order valence-electron chi connectivity index (χ3n) is 3.22. The molecule has 94 valence electrons. The second-order valence-electron chi connectivity index (χ2n) is 4.37. The Labute approximate surface area is 104 Å². The van der Waals surface area contributed by atoms with Gasteiger partial charge in [0.15, 0.2) is 0 Å². The average Bonchev–Trinajstić information content (AvgIpc) is 2.87. The van der Waals surface area contributed by atoms with E-state index in [9.17, 15) is 9.90 Å². The lowest BCUT2D eigenvalue weighted by Crippen LogP contribution is -2.48. The fourth-order valence-corrected chi connectivity index (χ4v) is 3.35. The van der Waals surface area contributed by atoms with Crippen molar-refractivity contribution < 1.29 is 14.3 Å². The highest BCUT2D eigenvalue weighted by Gasteiger charge is 2.44. The molecular formula is C11H16N2O3S. The first-order chi connectivity index (χ1) is 8.05. The van der Waals surface area contributed by atoms with E-state index in [1.807, 2.05) is 6.92 Å². The number of hydrogen-bond donors (Lipinski definition) is 2. The SMILES string of the molecule is CNC1(C(=O)O)CCC(Sc2nc(C)co2)C1. The summed E-state index contributed by atoms with van der Waals surface area (Å²) in [6.45, 7) is 1.87. The van der Waals surface area contributed by atoms with E-state index >= 15 is 0 Å². The van der Waals surface area contributed by atoms with Crippen molar-refractivity contribution in [2.75, 3.05) is 7.05 Å². The fraction of sp³-hybridized carbons (Fsp3) is 0.636. The normalized spacial score (nSPS) is 28.5. The molecule has 6 heteroatoms. The Morgan fingerprint density at radius 3 is 3.00 bits per heavy atom. The number of aliphatic carboxylic acids is 1. The molecule has 17 heavy (non-hydrogen) atoms. The maximum Gasteiger partial charge on any atom is 0.323 e. The van der Waals surface area contributed by atoms with Crippen molar-refractivity contribution in [1.29, 1.82) is 0 Å². The standard InChI is InChI=1S/C11H16N2O3S/c1-7-6-16-10(13-7)17-8-3-4-11(5-8,12-2)9(14)15/h6,8,12H,3-5H2,1-2H3,(H,14,15). The molecule has 0 aromatic carbocycles. The van der Waals surface area contributed by atoms with Crippen LogP contribution in [0.1, 0.15) is 25.0 Å². The van der Waals surface area contributed by atoms with E-state index in [4.69, 9.17) is 4.42 Å². The van der Waals surface area contributed by atoms with Crippen LogP contribution in [0, 0.1) is 6.92 Å². The van der Waals surface area contributed by atoms with Crippen LogP contribution >= 0.6 is 11.8 Å². The molecule has 2 atom stereocenters. The predicted octanol–water partition coefficient (Wildman–Crippen LogP) is 1.67. The molecule has 0 aliphatic heterocycles. The summed E-state index contributed by atoms with van der Waals surface area (Å²) in [7, 11) is 1.70. The molecule has 1 aliphatic carbocycles. The molecule has 0 amide bonds. The number of likely N-dealkylation sites (N-methyl/N-ethyl adjacent to an activating group) is 1. The van der Waals surface area contributed by atoms with Crippen molar-refractivity contribution >= 4 is 17.7 Å². The molecule has 0 radical (unpaired) electrons. The molecule has 5 nitrogen and oxygen atoms in total. The molecule has 1 saturated carbocycles. The zero-order valence-electron chi connectivity index (χ0n) is 9.90. The zero-order valence-corrected chi connectivity index (χ0v) is 10.7. The lowest BCUT2D eigenvalue weighted by atomic mass is 9.99. The van der Waals surface area contributed by atoms with Gasteiger partial charge < -0.3 is 14.8 Å². The van der Waals surface area contributed by atoms with Crippen molar-refractivity contribution in [3.8, 4) is 0 Å². The van der Waals surface area contributed by atoms with Crippen LogP contribution in [0.2, 0.25) is 0 Å². The third-order valence-corrected chi connectivity index (χ3v) is 4.35. The molecule has 2 N–H and O–H groups in total. The van der Waals surface area contributed by atoms with Gasteiger partial charge in [0.1, 0.15) is 11.8 Å². The number of thioether (sulfide) groups is 1. The van der Waals surface area contributed by atoms with Crippen LogP contribution in [-0.2, 0) is 4.79 Å². The Kier molecular flexibility index (Phi) is 3.44. The maximum atomic E-state index is 11.2. The van der Waals surface area contributed by atoms with E-state index in [0.717, 1.165) is 12.1 Å². The third kappa shape index (κ3) is 2.47. The number of nitrogens with one attached hydrogen (secondary N) is 1. The number of aryl methyl sites for hydroxylation is 1. The van der Waals surface area contributed by atoms with Gasteiger partial charge in [-0.05, 0) is 33.2 Å². The molecule has 0 spiro atoms. The minimum Gasteiger partial charge on any atom is -0.480 e. The summed E-state index contributed by atoms with van der Waals surface area (Å²) >= 11 is 1.53. The van der Waals surface area contributed by atoms with Gasteiger partial charge in [0.05, 0.1) is 5.69 Å². The Bertz CT molecular complexity index is 421. The Balaban J connectivity index is 2.00. The van der Waals surface area contributed by atoms with Gasteiger partial charge in [-0.25, -0.2) is 4.98 Å². The van der Waals surface area contributed by atoms with Crippen LogP contribution in [0.15, 0.2) is 15.9 Å². The summed E-state index contributed by atoms with van der Waals surface area (Å²) in [6.07, 6.45) is 3.72. The first kappa shape index (κ1) is 12.4. The van der Waals surface area contributed by atoms with E-state index in [-0.39, 0.29) is 5.25 Å². The molecule has 0 saturated heterocycles. The van der Waals surface area contributed by atoms with Gasteiger partial charge in [0, 0.05) is 5.25 Å². The summed E-state index contributed by atoms with van der Waals surface area (Å²) in [5.74, 6) is -0.772. The predicted molar refractivity (Wildman–Crippen MR) is 64.2 cm³/mol. The van der Waals surface area contributed by atoms with Crippen LogP contribution in [-0.4, -0.2) is 33.9 Å². The number of nitrogens with zero attached hydrogens (tertiary/aromatic N) is 1. The van der Waals surface area contributed by atoms with Crippen molar-refractivity contribution in [2.24, 2.45) is 0 Å². The molecule has 1 aromatic heterocycles. The van der Waals surface area contributed by atoms with Crippen molar-refractivity contribution in [3.05, 3.63) is 12.0 Å². The van der Waals surface area contributed by atoms with Crippen molar-refractivity contribution in [2.45, 2.75) is 42.2 Å². The summed E-state index contributed by atoms with van der Waals surface area (Å²) in [5, 5.41) is 13.1. The highest BCUT2D eigenvalue weighted by atomic mass is 32.2. The molecule has 2 rings (SSSR count). The van der Waals surface area contributed by atoms with E-state index in [0.29, 0.717) is 18.1 Å². The minimum absolute atomic E-state index is 0.247. The van der Waals surface area contributed by atoms with Crippen LogP contribution in [0.4, 0.5) is 0 Å². The van der Waals surface area contributed by atoms with E-state index in [1.54, 1.807) is 13.3 Å². The van der Waals surface area contributed by atoms with Crippen molar-refractivity contribution in [3.63, 3.8) is 0 Å². The van der Waals surface area contributed by atoms with Gasteiger partial charge >= 0.3 is 5.97 Å². The monoisotopic (exact) mass is 256 g/mol. The van der Waals surface area contributed by atoms with Gasteiger partial charge in [-0.3, -0.25) is 4.79 Å². The van der Waals surface area contributed by atoms with Gasteiger partial charge in [-0.2, -0.15) is 0 Å². The average molecular weight is 256 g/mol. The maximum absolute atomic E-state index is 11.2. The highest BCUT2D eigenvalue weighted by Crippen LogP contribution is 2.39. The number of carbonyl (C=O) groups is 1. The molecule has 1 aromatic rings. The van der Waals surface area contributed by atoms with Crippen LogP contribution < -0.4 is 5.32 Å². The number of aromatic nitrogens is 1. The minimum atomic E-state index is -0.778. The molecule has 0 bridgehead atoms. The summed E-state index contributed by atoms with van der Waals surface area (Å²) in [4.78, 5) is 15.5. The van der Waals surface area contributed by atoms with Gasteiger partial charge in [-0.15, -0.1) is 0 Å². The van der Waals surface area contributed by atoms with Gasteiger partial charge in [-0.1, -0.05) is 11.8 Å². The number of oxazole rings is 1. The number of carboxylic acids is 1. The van der Waals surface area contributed by atoms with Gasteiger partial charge in [0.2, 0.25) is 0 Å². The quantitative estimate of drug-likeness (QED) is 0.853. The second-order valence-corrected chi connectivity index (χ2v) is 5.63. The molecule has 1 fully saturated rings. The first-order valence-corrected chi connectivity index (χ1v) is 6.45. The summed E-state index contributed by atoms with van der Waals surface area (Å²) in [6, 6.07) is 0. The fourth-order valence-electron chi connectivity index (χ4n) is 2.16. The lowest BCUT2D eigenvalue weighted by Gasteiger charge is -2.23. The molecule has 1 aliphatic rings. The van der Waals surface area contributed by atoms with Crippen molar-refractivity contribution in [1.82, 2.24) is 10.3 Å². The Hall–Kier alpha value is -1.01. The molecule has 2 unspecified atom stereocenters. The largest absolute Gasteiger partial charge is 0.480 e. The van der Waals surface area contributed by atoms with E-state index in [2.05, 4.69) is 10.3 Å². The lowest BCUT2D eigenvalue weighted by molar-refractivity contribution is -0.144. The van der Waals surface area contributed by atoms with E-state index < -0.39 is 11.5 Å². The number of carboxylic acid groups (broad SMARTS) is 1. The van der Waals surface area contributed by atoms with Crippen LogP contribution in [0.3, 0.4) is 0 Å². The highest BCUT2D eigenvalue weighted by molar-refractivity contribution is 7.99. The smallest absolute Gasteiger partial charge is 0.323 e. The van der Waals surface area contributed by atoms with E-state index in [1.165, 1.54) is 11.8 Å². The van der Waals surface area contributed by atoms with Gasteiger partial charge in [0.25, 0.3) is 5.22 Å². The zero-order chi connectivity index (χ0) is 12.5. The van der Waals surface area contributed by atoms with Crippen LogP contribution in [0.5, 0.6) is 0 Å². The number of hydrogen-bond acceptors (Lipinski definition) is 5. The number of rotatable bonds is 4. The second kappa shape index (κ2) is 4.70.